The number of nitrogens with two attached hydrogens (primary N) is 1. The zero-order valence-electron chi connectivity index (χ0n) is 10.7. The standard InChI is InChI=1S/C12H19N3O3/c1-8-5-15(6-9(2)18-8)7-10-3-4-17-11(10)12(16)14-13/h3-4,8-9H,5-7,13H2,1-2H3,(H,14,16)/t8-,9+. The summed E-state index contributed by atoms with van der Waals surface area (Å²) in [5, 5.41) is 0. The van der Waals surface area contributed by atoms with Crippen molar-refractivity contribution in [3.8, 4) is 0 Å². The summed E-state index contributed by atoms with van der Waals surface area (Å²) >= 11 is 0. The molecule has 18 heavy (non-hydrogen) atoms. The molecular formula is C12H19N3O3. The predicted molar refractivity (Wildman–Crippen MR) is 65.6 cm³/mol. The third-order valence-electron chi connectivity index (χ3n) is 2.97. The molecule has 0 saturated carbocycles. The fraction of sp³-hybridized carbons (Fsp3) is 0.583. The van der Waals surface area contributed by atoms with E-state index in [-0.39, 0.29) is 18.0 Å². The molecule has 0 bridgehead atoms. The van der Waals surface area contributed by atoms with Gasteiger partial charge in [0, 0.05) is 25.2 Å². The van der Waals surface area contributed by atoms with Crippen LogP contribution in [0.15, 0.2) is 16.7 Å². The van der Waals surface area contributed by atoms with Crippen LogP contribution in [0.5, 0.6) is 0 Å². The molecule has 1 amide bonds. The van der Waals surface area contributed by atoms with Gasteiger partial charge in [0.15, 0.2) is 5.76 Å². The summed E-state index contributed by atoms with van der Waals surface area (Å²) in [4.78, 5) is 13.7. The first kappa shape index (κ1) is 13.1. The van der Waals surface area contributed by atoms with Gasteiger partial charge in [0.05, 0.1) is 18.5 Å². The molecule has 2 atom stereocenters. The highest BCUT2D eigenvalue weighted by molar-refractivity contribution is 5.92. The lowest BCUT2D eigenvalue weighted by atomic mass is 10.1. The Kier molecular flexibility index (Phi) is 4.00. The number of amides is 1. The summed E-state index contributed by atoms with van der Waals surface area (Å²) < 4.78 is 10.8. The van der Waals surface area contributed by atoms with Crippen LogP contribution in [0.25, 0.3) is 0 Å². The molecule has 1 aliphatic rings. The molecule has 0 aromatic carbocycles. The maximum absolute atomic E-state index is 11.5. The maximum atomic E-state index is 11.5. The Hall–Kier alpha value is -1.37. The Bertz CT molecular complexity index is 408. The van der Waals surface area contributed by atoms with Crippen molar-refractivity contribution in [2.45, 2.75) is 32.6 Å². The van der Waals surface area contributed by atoms with Gasteiger partial charge in [0.2, 0.25) is 0 Å². The Morgan fingerprint density at radius 1 is 1.50 bits per heavy atom. The van der Waals surface area contributed by atoms with E-state index in [1.807, 2.05) is 13.8 Å². The zero-order chi connectivity index (χ0) is 13.1. The van der Waals surface area contributed by atoms with Gasteiger partial charge in [-0.2, -0.15) is 0 Å². The molecule has 1 aliphatic heterocycles. The Balaban J connectivity index is 2.05. The van der Waals surface area contributed by atoms with Gasteiger partial charge in [-0.05, 0) is 19.9 Å². The van der Waals surface area contributed by atoms with E-state index >= 15 is 0 Å². The number of ether oxygens (including phenoxy) is 1. The van der Waals surface area contributed by atoms with E-state index in [4.69, 9.17) is 15.0 Å². The Labute approximate surface area is 106 Å². The minimum absolute atomic E-state index is 0.201. The summed E-state index contributed by atoms with van der Waals surface area (Å²) in [6, 6.07) is 1.80. The molecule has 1 saturated heterocycles. The summed E-state index contributed by atoms with van der Waals surface area (Å²) in [7, 11) is 0. The molecule has 0 spiro atoms. The molecule has 2 heterocycles. The van der Waals surface area contributed by atoms with Crippen molar-refractivity contribution < 1.29 is 13.9 Å². The molecule has 100 valence electrons. The first-order valence-corrected chi connectivity index (χ1v) is 6.05. The second-order valence-corrected chi connectivity index (χ2v) is 4.70. The number of furan rings is 1. The SMILES string of the molecule is C[C@@H]1CN(Cc2ccoc2C(=O)NN)C[C@H](C)O1. The summed E-state index contributed by atoms with van der Waals surface area (Å²) in [5.41, 5.74) is 2.93. The molecule has 0 radical (unpaired) electrons. The number of hydrazine groups is 1. The lowest BCUT2D eigenvalue weighted by Crippen LogP contribution is -2.45. The number of rotatable bonds is 3. The average molecular weight is 253 g/mol. The van der Waals surface area contributed by atoms with Crippen molar-refractivity contribution >= 4 is 5.91 Å². The van der Waals surface area contributed by atoms with Crippen molar-refractivity contribution in [2.75, 3.05) is 13.1 Å². The number of carbonyl (C=O) groups is 1. The van der Waals surface area contributed by atoms with E-state index in [1.54, 1.807) is 6.07 Å². The second-order valence-electron chi connectivity index (χ2n) is 4.70. The van der Waals surface area contributed by atoms with E-state index < -0.39 is 5.91 Å². The maximum Gasteiger partial charge on any atom is 0.301 e. The number of nitrogen functional groups attached to an aromatic ring is 1. The van der Waals surface area contributed by atoms with Gasteiger partial charge in [-0.25, -0.2) is 5.84 Å². The van der Waals surface area contributed by atoms with Crippen LogP contribution < -0.4 is 11.3 Å². The first-order chi connectivity index (χ1) is 8.60. The zero-order valence-corrected chi connectivity index (χ0v) is 10.7. The van der Waals surface area contributed by atoms with Gasteiger partial charge in [-0.3, -0.25) is 15.1 Å². The van der Waals surface area contributed by atoms with Crippen molar-refractivity contribution in [1.82, 2.24) is 10.3 Å². The normalized spacial score (nSPS) is 25.1. The fourth-order valence-corrected chi connectivity index (χ4v) is 2.38. The van der Waals surface area contributed by atoms with Gasteiger partial charge in [-0.15, -0.1) is 0 Å². The third-order valence-corrected chi connectivity index (χ3v) is 2.97. The first-order valence-electron chi connectivity index (χ1n) is 6.05. The van der Waals surface area contributed by atoms with Crippen LogP contribution in [-0.4, -0.2) is 36.1 Å². The van der Waals surface area contributed by atoms with Crippen LogP contribution in [0, 0.1) is 0 Å². The van der Waals surface area contributed by atoms with E-state index in [1.165, 1.54) is 6.26 Å². The third kappa shape index (κ3) is 2.90. The van der Waals surface area contributed by atoms with Crippen LogP contribution in [0.4, 0.5) is 0 Å². The highest BCUT2D eigenvalue weighted by atomic mass is 16.5. The van der Waals surface area contributed by atoms with Crippen molar-refractivity contribution in [3.63, 3.8) is 0 Å². The lowest BCUT2D eigenvalue weighted by Gasteiger charge is -2.35. The minimum atomic E-state index is -0.399. The largest absolute Gasteiger partial charge is 0.459 e. The molecule has 1 fully saturated rings. The number of nitrogens with one attached hydrogen (secondary N) is 1. The van der Waals surface area contributed by atoms with Crippen LogP contribution in [0.1, 0.15) is 30.0 Å². The summed E-state index contributed by atoms with van der Waals surface area (Å²) in [6.07, 6.45) is 1.91. The van der Waals surface area contributed by atoms with Gasteiger partial charge in [0.25, 0.3) is 0 Å². The van der Waals surface area contributed by atoms with Crippen LogP contribution >= 0.6 is 0 Å². The molecule has 1 aromatic heterocycles. The van der Waals surface area contributed by atoms with E-state index in [2.05, 4.69) is 10.3 Å². The van der Waals surface area contributed by atoms with E-state index in [0.29, 0.717) is 6.54 Å². The van der Waals surface area contributed by atoms with Crippen LogP contribution in [0.2, 0.25) is 0 Å². The number of carbonyl (C=O) groups excluding carboxylic acids is 1. The predicted octanol–water partition coefficient (Wildman–Crippen LogP) is 0.492. The molecule has 2 rings (SSSR count). The monoisotopic (exact) mass is 253 g/mol. The Morgan fingerprint density at radius 3 is 2.78 bits per heavy atom. The molecule has 0 unspecified atom stereocenters. The van der Waals surface area contributed by atoms with Crippen LogP contribution in [0.3, 0.4) is 0 Å². The Morgan fingerprint density at radius 2 is 2.17 bits per heavy atom. The van der Waals surface area contributed by atoms with E-state index in [9.17, 15) is 4.79 Å². The lowest BCUT2D eigenvalue weighted by molar-refractivity contribution is -0.0705. The van der Waals surface area contributed by atoms with Crippen molar-refractivity contribution in [2.24, 2.45) is 5.84 Å². The molecule has 6 heteroatoms. The molecule has 1 aromatic rings. The fourth-order valence-electron chi connectivity index (χ4n) is 2.38. The van der Waals surface area contributed by atoms with E-state index in [0.717, 1.165) is 18.7 Å². The number of nitrogens with zero attached hydrogens (tertiary/aromatic N) is 1. The van der Waals surface area contributed by atoms with Gasteiger partial charge in [0.1, 0.15) is 0 Å². The number of hydrogen-bond acceptors (Lipinski definition) is 5. The van der Waals surface area contributed by atoms with Crippen molar-refractivity contribution in [1.29, 1.82) is 0 Å². The number of hydrogen-bond donors (Lipinski definition) is 2. The van der Waals surface area contributed by atoms with Gasteiger partial charge in [-0.1, -0.05) is 0 Å². The molecule has 6 nitrogen and oxygen atoms in total. The molecular weight excluding hydrogens is 234 g/mol. The number of morpholine rings is 1. The molecule has 0 aliphatic carbocycles. The quantitative estimate of drug-likeness (QED) is 0.465. The average Bonchev–Trinajstić information content (AvgIpc) is 2.74. The smallest absolute Gasteiger partial charge is 0.301 e. The summed E-state index contributed by atoms with van der Waals surface area (Å²) in [5.74, 6) is 5.00. The minimum Gasteiger partial charge on any atom is -0.459 e. The second kappa shape index (κ2) is 5.51. The van der Waals surface area contributed by atoms with Crippen molar-refractivity contribution in [3.05, 3.63) is 23.7 Å². The molecule has 3 N–H and O–H groups in total. The highest BCUT2D eigenvalue weighted by Crippen LogP contribution is 2.17. The highest BCUT2D eigenvalue weighted by Gasteiger charge is 2.24. The topological polar surface area (TPSA) is 80.7 Å². The van der Waals surface area contributed by atoms with Gasteiger partial charge >= 0.3 is 5.91 Å². The van der Waals surface area contributed by atoms with Gasteiger partial charge < -0.3 is 9.15 Å². The van der Waals surface area contributed by atoms with Crippen LogP contribution in [-0.2, 0) is 11.3 Å². The summed E-state index contributed by atoms with van der Waals surface area (Å²) in [6.45, 7) is 6.45.